The Balaban J connectivity index is 1.82. The number of carbonyl (C=O) groups is 1. The van der Waals surface area contributed by atoms with Crippen molar-refractivity contribution in [3.8, 4) is 0 Å². The van der Waals surface area contributed by atoms with E-state index < -0.39 is 5.60 Å². The molecule has 122 valence electrons. The van der Waals surface area contributed by atoms with Crippen molar-refractivity contribution >= 4 is 5.78 Å². The van der Waals surface area contributed by atoms with Gasteiger partial charge in [-0.2, -0.15) is 0 Å². The summed E-state index contributed by atoms with van der Waals surface area (Å²) in [7, 11) is 2.03. The molecule has 2 fully saturated rings. The quantitative estimate of drug-likeness (QED) is 0.817. The molecule has 0 bridgehead atoms. The Hall–Kier alpha value is -0.450. The molecule has 1 saturated heterocycles. The van der Waals surface area contributed by atoms with Crippen molar-refractivity contribution in [2.75, 3.05) is 33.4 Å². The molecule has 1 N–H and O–H groups in total. The summed E-state index contributed by atoms with van der Waals surface area (Å²) in [6.07, 6.45) is 6.73. The summed E-state index contributed by atoms with van der Waals surface area (Å²) in [6, 6.07) is 0. The smallest absolute Gasteiger partial charge is 0.137 e. The van der Waals surface area contributed by atoms with E-state index in [1.165, 1.54) is 12.8 Å². The molecular weight excluding hydrogens is 266 g/mol. The minimum atomic E-state index is -0.631. The van der Waals surface area contributed by atoms with Crippen molar-refractivity contribution in [2.45, 2.75) is 57.5 Å². The number of ketones is 1. The normalized spacial score (nSPS) is 29.8. The van der Waals surface area contributed by atoms with Crippen molar-refractivity contribution in [1.82, 2.24) is 4.90 Å². The van der Waals surface area contributed by atoms with Crippen LogP contribution in [0.4, 0.5) is 0 Å². The Labute approximate surface area is 128 Å². The van der Waals surface area contributed by atoms with Crippen molar-refractivity contribution in [1.29, 1.82) is 0 Å². The second-order valence-electron chi connectivity index (χ2n) is 7.13. The van der Waals surface area contributed by atoms with E-state index in [2.05, 4.69) is 11.8 Å². The van der Waals surface area contributed by atoms with E-state index in [0.717, 1.165) is 31.7 Å². The Kier molecular flexibility index (Phi) is 6.20. The van der Waals surface area contributed by atoms with E-state index in [0.29, 0.717) is 38.4 Å². The number of hydrogen-bond acceptors (Lipinski definition) is 4. The molecule has 0 aromatic carbocycles. The molecule has 0 radical (unpaired) electrons. The van der Waals surface area contributed by atoms with Crippen LogP contribution in [0.2, 0.25) is 0 Å². The molecule has 4 nitrogen and oxygen atoms in total. The number of nitrogens with zero attached hydrogens (tertiary/aromatic N) is 1. The SMILES string of the molecule is CCCC1CCC(=O)C(CN(C)CC2(O)CCOCC2)C1. The Morgan fingerprint density at radius 2 is 2.10 bits per heavy atom. The standard InChI is InChI=1S/C17H31NO3/c1-3-4-14-5-6-16(19)15(11-14)12-18(2)13-17(20)7-9-21-10-8-17/h14-15,20H,3-13H2,1-2H3. The summed E-state index contributed by atoms with van der Waals surface area (Å²) < 4.78 is 5.32. The molecule has 2 aliphatic rings. The lowest BCUT2D eigenvalue weighted by atomic mass is 9.78. The molecule has 1 heterocycles. The molecule has 0 aromatic heterocycles. The first kappa shape index (κ1) is 16.9. The number of hydrogen-bond donors (Lipinski definition) is 1. The molecule has 4 heteroatoms. The Morgan fingerprint density at radius 3 is 2.76 bits per heavy atom. The van der Waals surface area contributed by atoms with E-state index >= 15 is 0 Å². The van der Waals surface area contributed by atoms with Crippen LogP contribution in [-0.2, 0) is 9.53 Å². The second kappa shape index (κ2) is 7.70. The van der Waals surface area contributed by atoms with Gasteiger partial charge >= 0.3 is 0 Å². The first-order valence-electron chi connectivity index (χ1n) is 8.54. The molecule has 0 amide bonds. The predicted octanol–water partition coefficient (Wildman–Crippen LogP) is 2.25. The van der Waals surface area contributed by atoms with Crippen LogP contribution in [0.25, 0.3) is 0 Å². The molecule has 1 saturated carbocycles. The van der Waals surface area contributed by atoms with Crippen LogP contribution in [0.15, 0.2) is 0 Å². The van der Waals surface area contributed by atoms with Crippen LogP contribution in [0.5, 0.6) is 0 Å². The first-order valence-corrected chi connectivity index (χ1v) is 8.54. The van der Waals surface area contributed by atoms with E-state index in [4.69, 9.17) is 4.74 Å². The minimum Gasteiger partial charge on any atom is -0.388 e. The zero-order valence-corrected chi connectivity index (χ0v) is 13.6. The van der Waals surface area contributed by atoms with Gasteiger partial charge in [0.05, 0.1) is 5.60 Å². The average Bonchev–Trinajstić information content (AvgIpc) is 2.43. The van der Waals surface area contributed by atoms with Crippen LogP contribution in [0, 0.1) is 11.8 Å². The lowest BCUT2D eigenvalue weighted by Crippen LogP contribution is -2.47. The van der Waals surface area contributed by atoms with Gasteiger partial charge in [-0.3, -0.25) is 4.79 Å². The number of likely N-dealkylation sites (N-methyl/N-ethyl adjacent to an activating group) is 1. The van der Waals surface area contributed by atoms with Crippen LogP contribution < -0.4 is 0 Å². The molecule has 0 spiro atoms. The van der Waals surface area contributed by atoms with Gasteiger partial charge in [0.15, 0.2) is 0 Å². The summed E-state index contributed by atoms with van der Waals surface area (Å²) >= 11 is 0. The number of aliphatic hydroxyl groups is 1. The van der Waals surface area contributed by atoms with Gasteiger partial charge in [-0.05, 0) is 25.8 Å². The summed E-state index contributed by atoms with van der Waals surface area (Å²) in [4.78, 5) is 14.3. The first-order chi connectivity index (χ1) is 10.0. The fourth-order valence-corrected chi connectivity index (χ4v) is 3.90. The molecule has 1 aliphatic carbocycles. The largest absolute Gasteiger partial charge is 0.388 e. The van der Waals surface area contributed by atoms with Crippen LogP contribution >= 0.6 is 0 Å². The zero-order chi connectivity index (χ0) is 15.3. The molecule has 2 atom stereocenters. The van der Waals surface area contributed by atoms with Crippen LogP contribution in [-0.4, -0.2) is 54.7 Å². The van der Waals surface area contributed by atoms with Gasteiger partial charge in [-0.15, -0.1) is 0 Å². The molecule has 2 rings (SSSR count). The van der Waals surface area contributed by atoms with E-state index in [1.54, 1.807) is 0 Å². The van der Waals surface area contributed by atoms with Crippen LogP contribution in [0.3, 0.4) is 0 Å². The fraction of sp³-hybridized carbons (Fsp3) is 0.941. The van der Waals surface area contributed by atoms with Gasteiger partial charge < -0.3 is 14.7 Å². The van der Waals surface area contributed by atoms with E-state index in [-0.39, 0.29) is 5.92 Å². The second-order valence-corrected chi connectivity index (χ2v) is 7.13. The van der Waals surface area contributed by atoms with Crippen molar-refractivity contribution in [2.24, 2.45) is 11.8 Å². The molecule has 1 aliphatic heterocycles. The summed E-state index contributed by atoms with van der Waals surface area (Å²) in [5.41, 5.74) is -0.631. The lowest BCUT2D eigenvalue weighted by Gasteiger charge is -2.37. The van der Waals surface area contributed by atoms with E-state index in [9.17, 15) is 9.90 Å². The Morgan fingerprint density at radius 1 is 1.38 bits per heavy atom. The molecular formula is C17H31NO3. The summed E-state index contributed by atoms with van der Waals surface area (Å²) in [5, 5.41) is 10.6. The predicted molar refractivity (Wildman–Crippen MR) is 83.2 cm³/mol. The van der Waals surface area contributed by atoms with Gasteiger partial charge in [-0.1, -0.05) is 19.8 Å². The highest BCUT2D eigenvalue weighted by Gasteiger charge is 2.33. The maximum absolute atomic E-state index is 12.1. The number of rotatable bonds is 6. The monoisotopic (exact) mass is 297 g/mol. The van der Waals surface area contributed by atoms with Gasteiger partial charge in [-0.25, -0.2) is 0 Å². The summed E-state index contributed by atoms with van der Waals surface area (Å²) in [6.45, 7) is 4.95. The van der Waals surface area contributed by atoms with Crippen molar-refractivity contribution < 1.29 is 14.6 Å². The maximum atomic E-state index is 12.1. The average molecular weight is 297 g/mol. The summed E-state index contributed by atoms with van der Waals surface area (Å²) in [5.74, 6) is 1.31. The van der Waals surface area contributed by atoms with Gasteiger partial charge in [0.25, 0.3) is 0 Å². The van der Waals surface area contributed by atoms with Gasteiger partial charge in [0.1, 0.15) is 5.78 Å². The van der Waals surface area contributed by atoms with Crippen molar-refractivity contribution in [3.05, 3.63) is 0 Å². The minimum absolute atomic E-state index is 0.170. The van der Waals surface area contributed by atoms with E-state index in [1.807, 2.05) is 7.05 Å². The highest BCUT2D eigenvalue weighted by Crippen LogP contribution is 2.30. The van der Waals surface area contributed by atoms with Crippen molar-refractivity contribution in [3.63, 3.8) is 0 Å². The number of carbonyl (C=O) groups excluding carboxylic acids is 1. The number of Topliss-reactive ketones (excluding diaryl/α,β-unsaturated/α-hetero) is 1. The number of ether oxygens (including phenoxy) is 1. The fourth-order valence-electron chi connectivity index (χ4n) is 3.90. The highest BCUT2D eigenvalue weighted by atomic mass is 16.5. The Bertz CT molecular complexity index is 339. The highest BCUT2D eigenvalue weighted by molar-refractivity contribution is 5.81. The molecule has 21 heavy (non-hydrogen) atoms. The zero-order valence-electron chi connectivity index (χ0n) is 13.6. The third kappa shape index (κ3) is 5.04. The molecule has 2 unspecified atom stereocenters. The lowest BCUT2D eigenvalue weighted by molar-refractivity contribution is -0.127. The van der Waals surface area contributed by atoms with Gasteiger partial charge in [0.2, 0.25) is 0 Å². The van der Waals surface area contributed by atoms with Gasteiger partial charge in [0, 0.05) is 51.5 Å². The third-order valence-corrected chi connectivity index (χ3v) is 5.09. The maximum Gasteiger partial charge on any atom is 0.137 e. The topological polar surface area (TPSA) is 49.8 Å². The third-order valence-electron chi connectivity index (χ3n) is 5.09. The van der Waals surface area contributed by atoms with Crippen LogP contribution in [0.1, 0.15) is 51.9 Å². The molecule has 0 aromatic rings.